The molecule has 9 rings (SSSR count). The van der Waals surface area contributed by atoms with Crippen LogP contribution in [-0.2, 0) is 21.7 Å². The predicted octanol–water partition coefficient (Wildman–Crippen LogP) is 15.5. The summed E-state index contributed by atoms with van der Waals surface area (Å²) in [6.45, 7) is 23.0. The second-order valence-electron chi connectivity index (χ2n) is 19.6. The Morgan fingerprint density at radius 2 is 0.828 bits per heavy atom. The summed E-state index contributed by atoms with van der Waals surface area (Å²) in [6, 6.07) is 60.0. The number of benzene rings is 7. The zero-order valence-corrected chi connectivity index (χ0v) is 35.9. The highest BCUT2D eigenvalue weighted by Gasteiger charge is 2.47. The van der Waals surface area contributed by atoms with Gasteiger partial charge >= 0.3 is 0 Å². The molecule has 1 aliphatic carbocycles. The SMILES string of the molecule is Cc1cc(C2(c3ccc(C(C)(C)C)cc3)c3ccccc3-c3ccc(N4c5ccccc5N(c5ccc(C(C)(C)C)cc5)c5ccccc54)cc32)ccc1C(C)(C)C. The van der Waals surface area contributed by atoms with Gasteiger partial charge in [-0.05, 0) is 127 Å². The Morgan fingerprint density at radius 1 is 0.379 bits per heavy atom. The summed E-state index contributed by atoms with van der Waals surface area (Å²) in [5.74, 6) is 0. The Bertz CT molecular complexity index is 2630. The highest BCUT2D eigenvalue weighted by atomic mass is 15.3. The first-order chi connectivity index (χ1) is 27.6. The van der Waals surface area contributed by atoms with Gasteiger partial charge in [0.05, 0.1) is 28.2 Å². The van der Waals surface area contributed by atoms with Crippen molar-refractivity contribution in [3.05, 3.63) is 202 Å². The number of anilines is 6. The zero-order chi connectivity index (χ0) is 40.8. The van der Waals surface area contributed by atoms with Crippen LogP contribution in [0.5, 0.6) is 0 Å². The van der Waals surface area contributed by atoms with Crippen molar-refractivity contribution in [3.8, 4) is 11.1 Å². The molecule has 0 radical (unpaired) electrons. The summed E-state index contributed by atoms with van der Waals surface area (Å²) in [5, 5.41) is 0. The molecule has 1 aliphatic heterocycles. The van der Waals surface area contributed by atoms with Crippen LogP contribution in [0.15, 0.2) is 158 Å². The lowest BCUT2D eigenvalue weighted by Gasteiger charge is -2.41. The fourth-order valence-corrected chi connectivity index (χ4v) is 9.76. The minimum absolute atomic E-state index is 0.0420. The summed E-state index contributed by atoms with van der Waals surface area (Å²) in [7, 11) is 0. The molecule has 0 N–H and O–H groups in total. The molecule has 7 aromatic carbocycles. The van der Waals surface area contributed by atoms with Gasteiger partial charge in [-0.1, -0.05) is 172 Å². The van der Waals surface area contributed by atoms with Crippen molar-refractivity contribution in [3.63, 3.8) is 0 Å². The molecule has 2 nitrogen and oxygen atoms in total. The van der Waals surface area contributed by atoms with E-state index >= 15 is 0 Å². The van der Waals surface area contributed by atoms with E-state index in [9.17, 15) is 0 Å². The van der Waals surface area contributed by atoms with Crippen LogP contribution in [0.2, 0.25) is 0 Å². The minimum atomic E-state index is -0.533. The Balaban J connectivity index is 1.29. The average molecular weight is 757 g/mol. The van der Waals surface area contributed by atoms with E-state index in [0.717, 1.165) is 34.1 Å². The van der Waals surface area contributed by atoms with Crippen LogP contribution >= 0.6 is 0 Å². The Morgan fingerprint density at radius 3 is 1.34 bits per heavy atom. The highest BCUT2D eigenvalue weighted by molar-refractivity contribution is 6.02. The van der Waals surface area contributed by atoms with Gasteiger partial charge in [-0.25, -0.2) is 0 Å². The van der Waals surface area contributed by atoms with Crippen molar-refractivity contribution in [1.82, 2.24) is 0 Å². The molecule has 2 aliphatic rings. The molecular weight excluding hydrogens is 701 g/mol. The van der Waals surface area contributed by atoms with Crippen LogP contribution in [0.4, 0.5) is 34.1 Å². The van der Waals surface area contributed by atoms with Crippen molar-refractivity contribution < 1.29 is 0 Å². The van der Waals surface area contributed by atoms with Gasteiger partial charge in [0, 0.05) is 11.4 Å². The summed E-state index contributed by atoms with van der Waals surface area (Å²) in [4.78, 5) is 4.91. The Labute approximate surface area is 346 Å². The van der Waals surface area contributed by atoms with Crippen LogP contribution in [0.1, 0.15) is 107 Å². The number of hydrogen-bond acceptors (Lipinski definition) is 2. The smallest absolute Gasteiger partial charge is 0.0714 e. The maximum Gasteiger partial charge on any atom is 0.0714 e. The first-order valence-corrected chi connectivity index (χ1v) is 20.9. The minimum Gasteiger partial charge on any atom is -0.306 e. The monoisotopic (exact) mass is 756 g/mol. The third kappa shape index (κ3) is 5.91. The largest absolute Gasteiger partial charge is 0.306 e. The van der Waals surface area contributed by atoms with Crippen LogP contribution in [0, 0.1) is 6.92 Å². The Kier molecular flexibility index (Phi) is 8.68. The number of nitrogens with zero attached hydrogens (tertiary/aromatic N) is 2. The second kappa shape index (κ2) is 13.3. The maximum absolute atomic E-state index is 2.50. The van der Waals surface area contributed by atoms with Gasteiger partial charge in [-0.2, -0.15) is 0 Å². The number of rotatable bonds is 4. The molecule has 0 spiro atoms. The maximum atomic E-state index is 2.50. The molecule has 1 atom stereocenters. The molecular formula is C56H56N2. The highest BCUT2D eigenvalue weighted by Crippen LogP contribution is 2.59. The number of hydrogen-bond donors (Lipinski definition) is 0. The molecule has 0 saturated carbocycles. The van der Waals surface area contributed by atoms with Gasteiger partial charge in [-0.15, -0.1) is 0 Å². The molecule has 0 aromatic heterocycles. The van der Waals surface area contributed by atoms with E-state index < -0.39 is 5.41 Å². The molecule has 0 fully saturated rings. The first-order valence-electron chi connectivity index (χ1n) is 20.9. The molecule has 0 bridgehead atoms. The van der Waals surface area contributed by atoms with Gasteiger partial charge in [0.2, 0.25) is 0 Å². The first kappa shape index (κ1) is 37.7. The van der Waals surface area contributed by atoms with Gasteiger partial charge in [0.1, 0.15) is 0 Å². The van der Waals surface area contributed by atoms with Gasteiger partial charge in [0.25, 0.3) is 0 Å². The van der Waals surface area contributed by atoms with Crippen molar-refractivity contribution in [2.45, 2.75) is 90.9 Å². The predicted molar refractivity (Wildman–Crippen MR) is 248 cm³/mol. The van der Waals surface area contributed by atoms with Crippen LogP contribution in [-0.4, -0.2) is 0 Å². The second-order valence-corrected chi connectivity index (χ2v) is 19.6. The lowest BCUT2D eigenvalue weighted by molar-refractivity contribution is 0.585. The van der Waals surface area contributed by atoms with E-state index in [-0.39, 0.29) is 16.2 Å². The zero-order valence-electron chi connectivity index (χ0n) is 35.9. The lowest BCUT2D eigenvalue weighted by atomic mass is 9.66. The Hall–Kier alpha value is -5.86. The molecule has 1 unspecified atom stereocenters. The number of aryl methyl sites for hydroxylation is 1. The van der Waals surface area contributed by atoms with Crippen LogP contribution in [0.25, 0.3) is 11.1 Å². The van der Waals surface area contributed by atoms with Gasteiger partial charge in [0.15, 0.2) is 0 Å². The third-order valence-electron chi connectivity index (χ3n) is 12.7. The normalized spacial score (nSPS) is 16.1. The fraction of sp³-hybridized carbons (Fsp3) is 0.250. The van der Waals surface area contributed by atoms with Crippen molar-refractivity contribution in [2.24, 2.45) is 0 Å². The van der Waals surface area contributed by atoms with E-state index in [1.54, 1.807) is 0 Å². The van der Waals surface area contributed by atoms with E-state index in [2.05, 4.69) is 237 Å². The van der Waals surface area contributed by atoms with E-state index in [1.807, 2.05) is 0 Å². The van der Waals surface area contributed by atoms with E-state index in [0.29, 0.717) is 0 Å². The van der Waals surface area contributed by atoms with Crippen molar-refractivity contribution in [1.29, 1.82) is 0 Å². The van der Waals surface area contributed by atoms with Crippen molar-refractivity contribution in [2.75, 3.05) is 9.80 Å². The van der Waals surface area contributed by atoms with E-state index in [1.165, 1.54) is 55.6 Å². The standard InChI is InChI=1S/C56H56N2/c1-37-35-41(29-34-46(37)55(8,9)10)56(40-25-23-38(24-26-40)53(2,3)4)47-18-12-11-17-44(47)45-33-32-43(36-48(45)56)58-51-21-15-13-19-49(51)57(50-20-14-16-22-52(50)58)42-30-27-39(28-31-42)54(5,6)7/h11-36H,1-10H3. The number of fused-ring (bicyclic) bond motifs is 5. The van der Waals surface area contributed by atoms with Crippen molar-refractivity contribution >= 4 is 34.1 Å². The topological polar surface area (TPSA) is 6.48 Å². The molecule has 1 heterocycles. The van der Waals surface area contributed by atoms with Gasteiger partial charge in [-0.3, -0.25) is 0 Å². The summed E-state index contributed by atoms with van der Waals surface area (Å²) in [5.41, 5.74) is 19.8. The molecule has 290 valence electrons. The van der Waals surface area contributed by atoms with Gasteiger partial charge < -0.3 is 9.80 Å². The summed E-state index contributed by atoms with van der Waals surface area (Å²) >= 11 is 0. The molecule has 0 amide bonds. The molecule has 58 heavy (non-hydrogen) atoms. The average Bonchev–Trinajstić information content (AvgIpc) is 3.49. The lowest BCUT2D eigenvalue weighted by Crippen LogP contribution is -2.30. The molecule has 2 heteroatoms. The van der Waals surface area contributed by atoms with E-state index in [4.69, 9.17) is 0 Å². The number of para-hydroxylation sites is 4. The van der Waals surface area contributed by atoms with Crippen LogP contribution in [0.3, 0.4) is 0 Å². The third-order valence-corrected chi connectivity index (χ3v) is 12.7. The fourth-order valence-electron chi connectivity index (χ4n) is 9.76. The quantitative estimate of drug-likeness (QED) is 0.176. The summed E-state index contributed by atoms with van der Waals surface area (Å²) in [6.07, 6.45) is 0. The molecule has 0 saturated heterocycles. The molecule has 7 aromatic rings. The summed E-state index contributed by atoms with van der Waals surface area (Å²) < 4.78 is 0. The van der Waals surface area contributed by atoms with Crippen LogP contribution < -0.4 is 9.80 Å².